The van der Waals surface area contributed by atoms with Gasteiger partial charge in [-0.3, -0.25) is 9.36 Å². The maximum atomic E-state index is 14.8. The SMILES string of the molecule is COc1c2c(nc3cc(N4CCNCC4)c(F)cc13)-c1cccn1C2=O. The Balaban J connectivity index is 1.76. The number of hydrogen-bond donors (Lipinski definition) is 1. The van der Waals surface area contributed by atoms with Gasteiger partial charge in [0.25, 0.3) is 5.91 Å². The van der Waals surface area contributed by atoms with Gasteiger partial charge in [0, 0.05) is 37.8 Å². The molecule has 0 radical (unpaired) electrons. The highest BCUT2D eigenvalue weighted by molar-refractivity contribution is 6.13. The molecule has 0 amide bonds. The van der Waals surface area contributed by atoms with Crippen LogP contribution in [0.2, 0.25) is 0 Å². The number of anilines is 1. The molecule has 0 spiro atoms. The van der Waals surface area contributed by atoms with Crippen LogP contribution >= 0.6 is 0 Å². The lowest BCUT2D eigenvalue weighted by Crippen LogP contribution is -2.43. The van der Waals surface area contributed by atoms with Crippen molar-refractivity contribution in [2.45, 2.75) is 0 Å². The predicted octanol–water partition coefficient (Wildman–Crippen LogP) is 2.26. The van der Waals surface area contributed by atoms with E-state index in [2.05, 4.69) is 5.32 Å². The van der Waals surface area contributed by atoms with E-state index in [1.165, 1.54) is 13.2 Å². The first-order valence-corrected chi connectivity index (χ1v) is 8.58. The van der Waals surface area contributed by atoms with Crippen molar-refractivity contribution in [3.05, 3.63) is 41.8 Å². The lowest BCUT2D eigenvalue weighted by Gasteiger charge is -2.30. The third-order valence-corrected chi connectivity index (χ3v) is 5.09. The highest BCUT2D eigenvalue weighted by Gasteiger charge is 2.33. The number of fused-ring (bicyclic) bond motifs is 4. The Morgan fingerprint density at radius 2 is 2.08 bits per heavy atom. The zero-order valence-corrected chi connectivity index (χ0v) is 14.3. The number of benzene rings is 1. The van der Waals surface area contributed by atoms with Crippen LogP contribution in [0.25, 0.3) is 22.3 Å². The Morgan fingerprint density at radius 1 is 1.27 bits per heavy atom. The summed E-state index contributed by atoms with van der Waals surface area (Å²) in [7, 11) is 1.50. The van der Waals surface area contributed by atoms with Gasteiger partial charge in [-0.05, 0) is 24.3 Å². The van der Waals surface area contributed by atoms with Crippen molar-refractivity contribution < 1.29 is 13.9 Å². The maximum Gasteiger partial charge on any atom is 0.268 e. The second-order valence-corrected chi connectivity index (χ2v) is 6.50. The summed E-state index contributed by atoms with van der Waals surface area (Å²) in [4.78, 5) is 19.4. The molecule has 7 heteroatoms. The van der Waals surface area contributed by atoms with Gasteiger partial charge in [0.1, 0.15) is 22.8 Å². The zero-order valence-electron chi connectivity index (χ0n) is 14.3. The largest absolute Gasteiger partial charge is 0.495 e. The molecule has 0 bridgehead atoms. The fraction of sp³-hybridized carbons (Fsp3) is 0.263. The number of halogens is 1. The molecule has 4 heterocycles. The lowest BCUT2D eigenvalue weighted by atomic mass is 10.1. The number of carbonyl (C=O) groups excluding carboxylic acids is 1. The molecular weight excluding hydrogens is 335 g/mol. The van der Waals surface area contributed by atoms with Crippen LogP contribution in [0.1, 0.15) is 10.4 Å². The molecular formula is C19H17FN4O2. The summed E-state index contributed by atoms with van der Waals surface area (Å²) in [5, 5.41) is 3.78. The standard InChI is InChI=1S/C19H17FN4O2/c1-26-18-11-9-12(20)15(23-7-4-21-5-8-23)10-13(11)22-17-14-3-2-6-24(14)19(25)16(17)18/h2-3,6,9-10,21H,4-5,7-8H2,1H3. The third-order valence-electron chi connectivity index (χ3n) is 5.09. The van der Waals surface area contributed by atoms with Crippen LogP contribution in [0.4, 0.5) is 10.1 Å². The van der Waals surface area contributed by atoms with Crippen LogP contribution in [-0.2, 0) is 0 Å². The van der Waals surface area contributed by atoms with E-state index < -0.39 is 0 Å². The monoisotopic (exact) mass is 352 g/mol. The topological polar surface area (TPSA) is 59.4 Å². The number of rotatable bonds is 2. The average Bonchev–Trinajstić information content (AvgIpc) is 3.24. The fourth-order valence-electron chi connectivity index (χ4n) is 3.86. The van der Waals surface area contributed by atoms with Crippen LogP contribution < -0.4 is 15.0 Å². The smallest absolute Gasteiger partial charge is 0.268 e. The number of methoxy groups -OCH3 is 1. The van der Waals surface area contributed by atoms with E-state index in [4.69, 9.17) is 9.72 Å². The zero-order chi connectivity index (χ0) is 17.8. The first-order chi connectivity index (χ1) is 12.7. The number of pyridine rings is 1. The third kappa shape index (κ3) is 2.00. The minimum absolute atomic E-state index is 0.196. The summed E-state index contributed by atoms with van der Waals surface area (Å²) in [5.41, 5.74) is 2.87. The minimum atomic E-state index is -0.329. The van der Waals surface area contributed by atoms with E-state index in [1.807, 2.05) is 17.0 Å². The molecule has 5 rings (SSSR count). The number of ether oxygens (including phenoxy) is 1. The van der Waals surface area contributed by atoms with E-state index in [9.17, 15) is 9.18 Å². The van der Waals surface area contributed by atoms with Crippen LogP contribution in [0, 0.1) is 5.82 Å². The van der Waals surface area contributed by atoms with E-state index in [0.29, 0.717) is 33.6 Å². The summed E-state index contributed by atoms with van der Waals surface area (Å²) >= 11 is 0. The van der Waals surface area contributed by atoms with Crippen molar-refractivity contribution in [1.29, 1.82) is 0 Å². The predicted molar refractivity (Wildman–Crippen MR) is 96.5 cm³/mol. The molecule has 132 valence electrons. The Hall–Kier alpha value is -2.93. The molecule has 0 aliphatic carbocycles. The molecule has 26 heavy (non-hydrogen) atoms. The Kier molecular flexibility index (Phi) is 3.27. The molecule has 3 aromatic rings. The summed E-state index contributed by atoms with van der Waals surface area (Å²) in [6.07, 6.45) is 1.70. The van der Waals surface area contributed by atoms with Crippen molar-refractivity contribution in [2.75, 3.05) is 38.2 Å². The quantitative estimate of drug-likeness (QED) is 0.600. The Bertz CT molecular complexity index is 1050. The van der Waals surface area contributed by atoms with E-state index in [0.717, 1.165) is 31.9 Å². The highest BCUT2D eigenvalue weighted by atomic mass is 19.1. The van der Waals surface area contributed by atoms with Crippen LogP contribution in [0.3, 0.4) is 0 Å². The normalized spacial score (nSPS) is 16.1. The van der Waals surface area contributed by atoms with Crippen LogP contribution in [0.5, 0.6) is 5.75 Å². The summed E-state index contributed by atoms with van der Waals surface area (Å²) < 4.78 is 21.9. The van der Waals surface area contributed by atoms with Gasteiger partial charge in [0.2, 0.25) is 0 Å². The van der Waals surface area contributed by atoms with Crippen LogP contribution in [-0.4, -0.2) is 48.7 Å². The van der Waals surface area contributed by atoms with Gasteiger partial charge in [0.05, 0.1) is 24.0 Å². The van der Waals surface area contributed by atoms with Gasteiger partial charge in [-0.25, -0.2) is 9.37 Å². The second kappa shape index (κ2) is 5.54. The second-order valence-electron chi connectivity index (χ2n) is 6.50. The summed E-state index contributed by atoms with van der Waals surface area (Å²) in [5.74, 6) is -0.146. The first kappa shape index (κ1) is 15.3. The molecule has 1 aromatic carbocycles. The maximum absolute atomic E-state index is 14.8. The molecule has 2 aromatic heterocycles. The number of aromatic nitrogens is 2. The van der Waals surface area contributed by atoms with Gasteiger partial charge >= 0.3 is 0 Å². The van der Waals surface area contributed by atoms with Crippen molar-refractivity contribution in [1.82, 2.24) is 14.9 Å². The fourth-order valence-corrected chi connectivity index (χ4v) is 3.86. The van der Waals surface area contributed by atoms with Crippen LogP contribution in [0.15, 0.2) is 30.5 Å². The molecule has 1 N–H and O–H groups in total. The molecule has 0 unspecified atom stereocenters. The van der Waals surface area contributed by atoms with Crippen molar-refractivity contribution in [3.63, 3.8) is 0 Å². The highest BCUT2D eigenvalue weighted by Crippen LogP contribution is 2.41. The van der Waals surface area contributed by atoms with Gasteiger partial charge in [-0.15, -0.1) is 0 Å². The van der Waals surface area contributed by atoms with Crippen molar-refractivity contribution >= 4 is 22.5 Å². The molecule has 0 saturated carbocycles. The Labute approximate surface area is 149 Å². The van der Waals surface area contributed by atoms with Gasteiger partial charge in [-0.2, -0.15) is 0 Å². The molecule has 1 saturated heterocycles. The lowest BCUT2D eigenvalue weighted by molar-refractivity contribution is 0.0966. The number of nitrogens with one attached hydrogen (secondary N) is 1. The van der Waals surface area contributed by atoms with E-state index in [1.54, 1.807) is 16.8 Å². The number of nitrogens with zero attached hydrogens (tertiary/aromatic N) is 3. The van der Waals surface area contributed by atoms with Gasteiger partial charge in [-0.1, -0.05) is 0 Å². The van der Waals surface area contributed by atoms with Gasteiger partial charge in [0.15, 0.2) is 0 Å². The molecule has 0 atom stereocenters. The van der Waals surface area contributed by atoms with E-state index in [-0.39, 0.29) is 11.7 Å². The van der Waals surface area contributed by atoms with E-state index >= 15 is 0 Å². The summed E-state index contributed by atoms with van der Waals surface area (Å²) in [6, 6.07) is 6.85. The summed E-state index contributed by atoms with van der Waals surface area (Å²) in [6.45, 7) is 3.12. The minimum Gasteiger partial charge on any atom is -0.495 e. The van der Waals surface area contributed by atoms with Gasteiger partial charge < -0.3 is 15.0 Å². The number of hydrogen-bond acceptors (Lipinski definition) is 5. The molecule has 2 aliphatic heterocycles. The number of carbonyl (C=O) groups is 1. The van der Waals surface area contributed by atoms with Crippen molar-refractivity contribution in [3.8, 4) is 17.1 Å². The number of piperazine rings is 1. The molecule has 2 aliphatic rings. The van der Waals surface area contributed by atoms with Crippen molar-refractivity contribution in [2.24, 2.45) is 0 Å². The Morgan fingerprint density at radius 3 is 2.85 bits per heavy atom. The first-order valence-electron chi connectivity index (χ1n) is 8.58. The molecule has 6 nitrogen and oxygen atoms in total. The average molecular weight is 352 g/mol. The molecule has 1 fully saturated rings.